The summed E-state index contributed by atoms with van der Waals surface area (Å²) < 4.78 is 15.3. The van der Waals surface area contributed by atoms with Gasteiger partial charge in [0.1, 0.15) is 11.6 Å². The molecule has 2 heterocycles. The molecule has 0 aliphatic rings. The molecule has 0 unspecified atom stereocenters. The molecule has 0 N–H and O–H groups in total. The summed E-state index contributed by atoms with van der Waals surface area (Å²) in [6.07, 6.45) is 1.77. The summed E-state index contributed by atoms with van der Waals surface area (Å²) in [4.78, 5) is 5.25. The Kier molecular flexibility index (Phi) is 3.56. The number of pyridine rings is 1. The fourth-order valence-electron chi connectivity index (χ4n) is 2.03. The lowest BCUT2D eigenvalue weighted by Crippen LogP contribution is -2.00. The van der Waals surface area contributed by atoms with Gasteiger partial charge in [0.15, 0.2) is 0 Å². The molecule has 3 aromatic rings. The van der Waals surface area contributed by atoms with E-state index < -0.39 is 0 Å². The SMILES string of the molecule is Cc1ccc(Sc2cccc(F)c2)n1-c1ccccn1. The average Bonchev–Trinajstić information content (AvgIpc) is 2.81. The van der Waals surface area contributed by atoms with Gasteiger partial charge in [-0.05, 0) is 49.4 Å². The number of benzene rings is 1. The van der Waals surface area contributed by atoms with Gasteiger partial charge in [-0.25, -0.2) is 9.37 Å². The van der Waals surface area contributed by atoms with Gasteiger partial charge in [0, 0.05) is 16.8 Å². The zero-order valence-electron chi connectivity index (χ0n) is 11.0. The summed E-state index contributed by atoms with van der Waals surface area (Å²) in [7, 11) is 0. The Bertz CT molecular complexity index is 722. The van der Waals surface area contributed by atoms with Gasteiger partial charge in [0.25, 0.3) is 0 Å². The monoisotopic (exact) mass is 284 g/mol. The molecule has 0 aliphatic heterocycles. The molecule has 0 aliphatic carbocycles. The summed E-state index contributed by atoms with van der Waals surface area (Å²) in [6, 6.07) is 16.5. The summed E-state index contributed by atoms with van der Waals surface area (Å²) in [5.74, 6) is 0.650. The van der Waals surface area contributed by atoms with Gasteiger partial charge in [-0.1, -0.05) is 23.9 Å². The third-order valence-electron chi connectivity index (χ3n) is 2.94. The Hall–Kier alpha value is -2.07. The van der Waals surface area contributed by atoms with E-state index in [2.05, 4.69) is 9.55 Å². The second kappa shape index (κ2) is 5.51. The van der Waals surface area contributed by atoms with E-state index >= 15 is 0 Å². The number of aromatic nitrogens is 2. The molecule has 0 bridgehead atoms. The van der Waals surface area contributed by atoms with Gasteiger partial charge in [-0.3, -0.25) is 4.57 Å². The van der Waals surface area contributed by atoms with Crippen molar-refractivity contribution in [3.8, 4) is 5.82 Å². The van der Waals surface area contributed by atoms with Crippen LogP contribution in [-0.2, 0) is 0 Å². The first-order valence-corrected chi connectivity index (χ1v) is 7.09. The van der Waals surface area contributed by atoms with Gasteiger partial charge in [-0.2, -0.15) is 0 Å². The van der Waals surface area contributed by atoms with Crippen LogP contribution >= 0.6 is 11.8 Å². The van der Waals surface area contributed by atoms with Crippen LogP contribution in [0.15, 0.2) is 70.7 Å². The standard InChI is InChI=1S/C16H13FN2S/c1-12-8-9-16(19(12)15-7-2-3-10-18-15)20-14-6-4-5-13(17)11-14/h2-11H,1H3. The van der Waals surface area contributed by atoms with Crippen LogP contribution in [0.5, 0.6) is 0 Å². The Morgan fingerprint density at radius 1 is 1.05 bits per heavy atom. The van der Waals surface area contributed by atoms with Gasteiger partial charge < -0.3 is 0 Å². The van der Waals surface area contributed by atoms with Crippen LogP contribution in [0.3, 0.4) is 0 Å². The first kappa shape index (κ1) is 12.9. The van der Waals surface area contributed by atoms with E-state index in [1.54, 1.807) is 12.3 Å². The van der Waals surface area contributed by atoms with E-state index in [9.17, 15) is 4.39 Å². The second-order valence-corrected chi connectivity index (χ2v) is 5.49. The average molecular weight is 284 g/mol. The van der Waals surface area contributed by atoms with Gasteiger partial charge >= 0.3 is 0 Å². The smallest absolute Gasteiger partial charge is 0.137 e. The molecule has 0 saturated heterocycles. The number of aryl methyl sites for hydroxylation is 1. The summed E-state index contributed by atoms with van der Waals surface area (Å²) >= 11 is 1.53. The maximum absolute atomic E-state index is 13.3. The quantitative estimate of drug-likeness (QED) is 0.706. The van der Waals surface area contributed by atoms with Crippen molar-refractivity contribution in [2.24, 2.45) is 0 Å². The Labute approximate surface area is 121 Å². The highest BCUT2D eigenvalue weighted by Gasteiger charge is 2.09. The lowest BCUT2D eigenvalue weighted by atomic mass is 10.4. The van der Waals surface area contributed by atoms with Crippen molar-refractivity contribution in [3.63, 3.8) is 0 Å². The molecule has 0 spiro atoms. The number of rotatable bonds is 3. The Balaban J connectivity index is 1.99. The van der Waals surface area contributed by atoms with E-state index in [1.807, 2.05) is 43.3 Å². The zero-order valence-corrected chi connectivity index (χ0v) is 11.8. The predicted octanol–water partition coefficient (Wildman–Crippen LogP) is 4.47. The van der Waals surface area contributed by atoms with Crippen molar-refractivity contribution in [1.82, 2.24) is 9.55 Å². The zero-order chi connectivity index (χ0) is 13.9. The fraction of sp³-hybridized carbons (Fsp3) is 0.0625. The molecule has 0 fully saturated rings. The number of hydrogen-bond donors (Lipinski definition) is 0. The van der Waals surface area contributed by atoms with Crippen LogP contribution in [-0.4, -0.2) is 9.55 Å². The first-order valence-electron chi connectivity index (χ1n) is 6.27. The highest BCUT2D eigenvalue weighted by molar-refractivity contribution is 7.99. The van der Waals surface area contributed by atoms with Crippen LogP contribution in [0, 0.1) is 12.7 Å². The molecule has 3 rings (SSSR count). The van der Waals surface area contributed by atoms with Crippen molar-refractivity contribution in [1.29, 1.82) is 0 Å². The lowest BCUT2D eigenvalue weighted by Gasteiger charge is -2.10. The largest absolute Gasteiger partial charge is 0.293 e. The maximum Gasteiger partial charge on any atom is 0.137 e. The molecule has 0 saturated carbocycles. The van der Waals surface area contributed by atoms with Crippen LogP contribution < -0.4 is 0 Å². The van der Waals surface area contributed by atoms with E-state index in [-0.39, 0.29) is 5.82 Å². The summed E-state index contributed by atoms with van der Waals surface area (Å²) in [6.45, 7) is 2.03. The van der Waals surface area contributed by atoms with E-state index in [0.717, 1.165) is 21.4 Å². The molecule has 20 heavy (non-hydrogen) atoms. The summed E-state index contributed by atoms with van der Waals surface area (Å²) in [5.41, 5.74) is 1.10. The minimum atomic E-state index is -0.220. The van der Waals surface area contributed by atoms with E-state index in [0.29, 0.717) is 0 Å². The lowest BCUT2D eigenvalue weighted by molar-refractivity contribution is 0.624. The van der Waals surface area contributed by atoms with Crippen LogP contribution in [0.4, 0.5) is 4.39 Å². The molecule has 2 aromatic heterocycles. The van der Waals surface area contributed by atoms with Crippen molar-refractivity contribution >= 4 is 11.8 Å². The Morgan fingerprint density at radius 3 is 2.70 bits per heavy atom. The predicted molar refractivity (Wildman–Crippen MR) is 78.8 cm³/mol. The highest BCUT2D eigenvalue weighted by Crippen LogP contribution is 2.31. The van der Waals surface area contributed by atoms with Crippen molar-refractivity contribution in [2.75, 3.05) is 0 Å². The highest BCUT2D eigenvalue weighted by atomic mass is 32.2. The third-order valence-corrected chi connectivity index (χ3v) is 3.95. The molecule has 4 heteroatoms. The van der Waals surface area contributed by atoms with Gasteiger partial charge in [-0.15, -0.1) is 0 Å². The fourth-order valence-corrected chi connectivity index (χ4v) is 3.05. The molecular formula is C16H13FN2S. The molecule has 0 amide bonds. The topological polar surface area (TPSA) is 17.8 Å². The van der Waals surface area contributed by atoms with Crippen LogP contribution in [0.1, 0.15) is 5.69 Å². The van der Waals surface area contributed by atoms with E-state index in [1.165, 1.54) is 23.9 Å². The Morgan fingerprint density at radius 2 is 1.95 bits per heavy atom. The minimum absolute atomic E-state index is 0.220. The molecule has 2 nitrogen and oxygen atoms in total. The number of nitrogens with zero attached hydrogens (tertiary/aromatic N) is 2. The minimum Gasteiger partial charge on any atom is -0.293 e. The second-order valence-electron chi connectivity index (χ2n) is 4.40. The third kappa shape index (κ3) is 2.60. The molecule has 0 radical (unpaired) electrons. The number of halogens is 1. The molecule has 100 valence electrons. The van der Waals surface area contributed by atoms with Crippen molar-refractivity contribution in [2.45, 2.75) is 16.8 Å². The van der Waals surface area contributed by atoms with Crippen molar-refractivity contribution in [3.05, 3.63) is 72.3 Å². The van der Waals surface area contributed by atoms with Crippen molar-refractivity contribution < 1.29 is 4.39 Å². The van der Waals surface area contributed by atoms with Gasteiger partial charge in [0.05, 0.1) is 5.03 Å². The van der Waals surface area contributed by atoms with Gasteiger partial charge in [0.2, 0.25) is 0 Å². The molecule has 0 atom stereocenters. The molecule has 1 aromatic carbocycles. The van der Waals surface area contributed by atoms with Crippen LogP contribution in [0.2, 0.25) is 0 Å². The summed E-state index contributed by atoms with van der Waals surface area (Å²) in [5, 5.41) is 1.02. The first-order chi connectivity index (χ1) is 9.74. The molecular weight excluding hydrogens is 271 g/mol. The number of hydrogen-bond acceptors (Lipinski definition) is 2. The van der Waals surface area contributed by atoms with Crippen LogP contribution in [0.25, 0.3) is 5.82 Å². The van der Waals surface area contributed by atoms with E-state index in [4.69, 9.17) is 0 Å². The normalized spacial score (nSPS) is 10.7. The maximum atomic E-state index is 13.3.